The van der Waals surface area contributed by atoms with Gasteiger partial charge in [-0.1, -0.05) is 91.0 Å². The summed E-state index contributed by atoms with van der Waals surface area (Å²) in [5, 5.41) is 3.91. The molecule has 4 rings (SSSR count). The first-order valence-corrected chi connectivity index (χ1v) is 16.1. The molecule has 0 radical (unpaired) electrons. The number of benzene rings is 3. The number of nitrogens with zero attached hydrogens (tertiary/aromatic N) is 2. The Balaban J connectivity index is 1.75. The number of nitrogens with one attached hydrogen (secondary N) is 1. The van der Waals surface area contributed by atoms with Gasteiger partial charge in [-0.2, -0.15) is 0 Å². The molecule has 0 aliphatic heterocycles. The normalized spacial score (nSPS) is 14.4. The monoisotopic (exact) mass is 635 g/mol. The van der Waals surface area contributed by atoms with Gasteiger partial charge in [0.1, 0.15) is 12.6 Å². The van der Waals surface area contributed by atoms with E-state index in [2.05, 4.69) is 5.32 Å². The van der Waals surface area contributed by atoms with Crippen molar-refractivity contribution in [3.05, 3.63) is 93.4 Å². The third-order valence-electron chi connectivity index (χ3n) is 7.21. The topological polar surface area (TPSA) is 86.8 Å². The number of amides is 2. The second kappa shape index (κ2) is 13.9. The predicted molar refractivity (Wildman–Crippen MR) is 164 cm³/mol. The van der Waals surface area contributed by atoms with E-state index in [0.29, 0.717) is 22.0 Å². The zero-order chi connectivity index (χ0) is 29.6. The molecule has 1 aliphatic carbocycles. The quantitative estimate of drug-likeness (QED) is 0.254. The largest absolute Gasteiger partial charge is 0.352 e. The second-order valence-electron chi connectivity index (χ2n) is 9.91. The van der Waals surface area contributed by atoms with Gasteiger partial charge in [-0.25, -0.2) is 8.42 Å². The van der Waals surface area contributed by atoms with Crippen LogP contribution < -0.4 is 9.62 Å². The fraction of sp³-hybridized carbons (Fsp3) is 0.333. The standard InChI is InChI=1S/C30H32Cl3N3O4S/c1-2-27(30(38)34-21-11-6-7-12-21)35(19-23-24(31)16-10-17-25(23)32)29(37)20-36(28-18-9-8-15-26(28)33)41(39,40)22-13-4-3-5-14-22/h3-5,8-10,13-18,21,27H,2,6-7,11-12,19-20H2,1H3,(H,34,38)/t27-/m1/s1. The number of para-hydroxylation sites is 1. The van der Waals surface area contributed by atoms with Gasteiger partial charge in [-0.3, -0.25) is 13.9 Å². The van der Waals surface area contributed by atoms with Crippen molar-refractivity contribution in [1.82, 2.24) is 10.2 Å². The summed E-state index contributed by atoms with van der Waals surface area (Å²) < 4.78 is 28.8. The minimum absolute atomic E-state index is 0.000522. The Kier molecular flexibility index (Phi) is 10.6. The third-order valence-corrected chi connectivity index (χ3v) is 10.0. The van der Waals surface area contributed by atoms with E-state index in [9.17, 15) is 18.0 Å². The Morgan fingerprint density at radius 2 is 1.46 bits per heavy atom. The van der Waals surface area contributed by atoms with Gasteiger partial charge in [-0.05, 0) is 55.7 Å². The molecule has 3 aromatic carbocycles. The lowest BCUT2D eigenvalue weighted by atomic mass is 10.1. The van der Waals surface area contributed by atoms with E-state index < -0.39 is 28.5 Å². The van der Waals surface area contributed by atoms with Crippen molar-refractivity contribution in [1.29, 1.82) is 0 Å². The third kappa shape index (κ3) is 7.36. The van der Waals surface area contributed by atoms with Gasteiger partial charge in [0, 0.05) is 28.2 Å². The molecule has 0 bridgehead atoms. The van der Waals surface area contributed by atoms with E-state index in [1.54, 1.807) is 61.5 Å². The van der Waals surface area contributed by atoms with Crippen LogP contribution in [0.5, 0.6) is 0 Å². The Labute approximate surface area is 256 Å². The van der Waals surface area contributed by atoms with E-state index in [0.717, 1.165) is 30.0 Å². The molecule has 3 aromatic rings. The Morgan fingerprint density at radius 1 is 0.878 bits per heavy atom. The van der Waals surface area contributed by atoms with Crippen molar-refractivity contribution in [3.8, 4) is 0 Å². The Hall–Kier alpha value is -2.78. The highest BCUT2D eigenvalue weighted by molar-refractivity contribution is 7.92. The van der Waals surface area contributed by atoms with Gasteiger partial charge in [-0.15, -0.1) is 0 Å². The molecule has 2 amide bonds. The summed E-state index contributed by atoms with van der Waals surface area (Å²) >= 11 is 19.4. The maximum absolute atomic E-state index is 14.2. The van der Waals surface area contributed by atoms with Crippen LogP contribution in [0, 0.1) is 0 Å². The molecule has 1 N–H and O–H groups in total. The highest BCUT2D eigenvalue weighted by atomic mass is 35.5. The SMILES string of the molecule is CC[C@H](C(=O)NC1CCCC1)N(Cc1c(Cl)cccc1Cl)C(=O)CN(c1ccccc1Cl)S(=O)(=O)c1ccccc1. The van der Waals surface area contributed by atoms with E-state index in [-0.39, 0.29) is 34.1 Å². The maximum atomic E-state index is 14.2. The van der Waals surface area contributed by atoms with Crippen molar-refractivity contribution in [3.63, 3.8) is 0 Å². The van der Waals surface area contributed by atoms with E-state index in [1.807, 2.05) is 0 Å². The number of hydrogen-bond acceptors (Lipinski definition) is 4. The highest BCUT2D eigenvalue weighted by Gasteiger charge is 2.35. The zero-order valence-corrected chi connectivity index (χ0v) is 25.7. The molecular formula is C30H32Cl3N3O4S. The lowest BCUT2D eigenvalue weighted by Crippen LogP contribution is -2.53. The molecule has 1 fully saturated rings. The summed E-state index contributed by atoms with van der Waals surface area (Å²) in [7, 11) is -4.22. The molecule has 1 saturated carbocycles. The van der Waals surface area contributed by atoms with Gasteiger partial charge in [0.05, 0.1) is 15.6 Å². The molecule has 0 unspecified atom stereocenters. The minimum atomic E-state index is -4.22. The highest BCUT2D eigenvalue weighted by Crippen LogP contribution is 2.32. The van der Waals surface area contributed by atoms with Gasteiger partial charge in [0.25, 0.3) is 10.0 Å². The van der Waals surface area contributed by atoms with Crippen molar-refractivity contribution in [2.45, 2.75) is 62.6 Å². The molecular weight excluding hydrogens is 605 g/mol. The molecule has 0 heterocycles. The van der Waals surface area contributed by atoms with E-state index >= 15 is 0 Å². The van der Waals surface area contributed by atoms with Gasteiger partial charge in [0.2, 0.25) is 11.8 Å². The molecule has 1 aliphatic rings. The molecule has 11 heteroatoms. The van der Waals surface area contributed by atoms with Crippen LogP contribution in [0.4, 0.5) is 5.69 Å². The molecule has 1 atom stereocenters. The summed E-state index contributed by atoms with van der Waals surface area (Å²) in [6, 6.07) is 18.4. The smallest absolute Gasteiger partial charge is 0.264 e. The Bertz CT molecular complexity index is 1460. The fourth-order valence-corrected chi connectivity index (χ4v) is 7.29. The summed E-state index contributed by atoms with van der Waals surface area (Å²) in [4.78, 5) is 29.1. The molecule has 0 aromatic heterocycles. The van der Waals surface area contributed by atoms with Crippen LogP contribution in [0.15, 0.2) is 77.7 Å². The molecule has 41 heavy (non-hydrogen) atoms. The first-order valence-electron chi connectivity index (χ1n) is 13.5. The summed E-state index contributed by atoms with van der Waals surface area (Å²) in [6.07, 6.45) is 4.11. The number of carbonyl (C=O) groups is 2. The van der Waals surface area contributed by atoms with Crippen LogP contribution in [0.2, 0.25) is 15.1 Å². The second-order valence-corrected chi connectivity index (χ2v) is 13.0. The lowest BCUT2D eigenvalue weighted by molar-refractivity contribution is -0.140. The average molecular weight is 637 g/mol. The van der Waals surface area contributed by atoms with Crippen molar-refractivity contribution in [2.75, 3.05) is 10.8 Å². The van der Waals surface area contributed by atoms with Gasteiger partial charge < -0.3 is 10.2 Å². The first kappa shape index (κ1) is 31.2. The van der Waals surface area contributed by atoms with Gasteiger partial charge in [0.15, 0.2) is 0 Å². The summed E-state index contributed by atoms with van der Waals surface area (Å²) in [6.45, 7) is 1.12. The number of carbonyl (C=O) groups excluding carboxylic acids is 2. The first-order chi connectivity index (χ1) is 19.6. The number of hydrogen-bond donors (Lipinski definition) is 1. The lowest BCUT2D eigenvalue weighted by Gasteiger charge is -2.34. The summed E-state index contributed by atoms with van der Waals surface area (Å²) in [5.41, 5.74) is 0.608. The number of rotatable bonds is 11. The fourth-order valence-electron chi connectivity index (χ4n) is 5.03. The van der Waals surface area contributed by atoms with Crippen LogP contribution in [-0.2, 0) is 26.2 Å². The minimum Gasteiger partial charge on any atom is -0.352 e. The van der Waals surface area contributed by atoms with Crippen LogP contribution >= 0.6 is 34.8 Å². The average Bonchev–Trinajstić information content (AvgIpc) is 3.47. The van der Waals surface area contributed by atoms with Crippen molar-refractivity contribution in [2.24, 2.45) is 0 Å². The molecule has 7 nitrogen and oxygen atoms in total. The zero-order valence-electron chi connectivity index (χ0n) is 22.6. The van der Waals surface area contributed by atoms with Gasteiger partial charge >= 0.3 is 0 Å². The molecule has 0 spiro atoms. The number of halogens is 3. The van der Waals surface area contributed by atoms with Crippen molar-refractivity contribution < 1.29 is 18.0 Å². The molecule has 0 saturated heterocycles. The number of anilines is 1. The Morgan fingerprint density at radius 3 is 2.07 bits per heavy atom. The predicted octanol–water partition coefficient (Wildman–Crippen LogP) is 6.71. The van der Waals surface area contributed by atoms with E-state index in [4.69, 9.17) is 34.8 Å². The number of sulfonamides is 1. The molecule has 218 valence electrons. The van der Waals surface area contributed by atoms with Crippen molar-refractivity contribution >= 4 is 62.3 Å². The van der Waals surface area contributed by atoms with Crippen LogP contribution in [0.1, 0.15) is 44.6 Å². The maximum Gasteiger partial charge on any atom is 0.264 e. The summed E-state index contributed by atoms with van der Waals surface area (Å²) in [5.74, 6) is -0.903. The van der Waals surface area contributed by atoms with Crippen LogP contribution in [0.3, 0.4) is 0 Å². The van der Waals surface area contributed by atoms with Crippen LogP contribution in [-0.4, -0.2) is 43.8 Å². The van der Waals surface area contributed by atoms with Crippen LogP contribution in [0.25, 0.3) is 0 Å². The van der Waals surface area contributed by atoms with E-state index in [1.165, 1.54) is 23.1 Å².